The van der Waals surface area contributed by atoms with Crippen molar-refractivity contribution < 1.29 is 4.79 Å². The molecule has 26 heavy (non-hydrogen) atoms. The summed E-state index contributed by atoms with van der Waals surface area (Å²) < 4.78 is 1.19. The normalized spacial score (nSPS) is 10.5. The maximum atomic E-state index is 12.2. The number of aromatic nitrogens is 3. The highest BCUT2D eigenvalue weighted by Crippen LogP contribution is 2.21. The number of amides is 1. The van der Waals surface area contributed by atoms with Gasteiger partial charge in [-0.3, -0.25) is 14.6 Å². The summed E-state index contributed by atoms with van der Waals surface area (Å²) in [6, 6.07) is 12.9. The minimum Gasteiger partial charge on any atom is -0.350 e. The van der Waals surface area contributed by atoms with Gasteiger partial charge in [-0.15, -0.1) is 0 Å². The Balaban J connectivity index is 1.76. The van der Waals surface area contributed by atoms with E-state index in [1.54, 1.807) is 24.5 Å². The molecule has 6 heteroatoms. The van der Waals surface area contributed by atoms with Crippen LogP contribution in [-0.4, -0.2) is 20.7 Å². The number of benzene rings is 1. The molecule has 0 radical (unpaired) electrons. The monoisotopic (exact) mass is 348 g/mol. The topological polar surface area (TPSA) is 76.9 Å². The van der Waals surface area contributed by atoms with Crippen LogP contribution in [0.1, 0.15) is 16.7 Å². The van der Waals surface area contributed by atoms with E-state index in [1.165, 1.54) is 10.7 Å². The SMILES string of the molecule is Cc1ccc(C)c(-c2ccc(=O)n(CC(=O)NCc3cccnc3)n2)c1. The highest BCUT2D eigenvalue weighted by Gasteiger charge is 2.09. The van der Waals surface area contributed by atoms with Crippen molar-refractivity contribution in [3.8, 4) is 11.3 Å². The predicted octanol–water partition coefficient (Wildman–Crippen LogP) is 2.24. The molecule has 0 fully saturated rings. The van der Waals surface area contributed by atoms with Crippen molar-refractivity contribution in [2.24, 2.45) is 0 Å². The van der Waals surface area contributed by atoms with Crippen molar-refractivity contribution in [2.75, 3.05) is 0 Å². The fourth-order valence-electron chi connectivity index (χ4n) is 2.61. The van der Waals surface area contributed by atoms with Crippen LogP contribution in [0.4, 0.5) is 0 Å². The van der Waals surface area contributed by atoms with E-state index in [9.17, 15) is 9.59 Å². The smallest absolute Gasteiger partial charge is 0.267 e. The number of rotatable bonds is 5. The van der Waals surface area contributed by atoms with E-state index >= 15 is 0 Å². The third-order valence-electron chi connectivity index (χ3n) is 4.04. The fraction of sp³-hybridized carbons (Fsp3) is 0.200. The van der Waals surface area contributed by atoms with Gasteiger partial charge in [0.1, 0.15) is 6.54 Å². The summed E-state index contributed by atoms with van der Waals surface area (Å²) in [7, 11) is 0. The molecule has 0 saturated carbocycles. The van der Waals surface area contributed by atoms with Gasteiger partial charge in [-0.2, -0.15) is 5.10 Å². The van der Waals surface area contributed by atoms with Gasteiger partial charge in [0.2, 0.25) is 5.91 Å². The Morgan fingerprint density at radius 1 is 1.15 bits per heavy atom. The first kappa shape index (κ1) is 17.5. The molecule has 0 saturated heterocycles. The highest BCUT2D eigenvalue weighted by molar-refractivity contribution is 5.75. The first-order valence-corrected chi connectivity index (χ1v) is 8.34. The van der Waals surface area contributed by atoms with Crippen LogP contribution in [0.15, 0.2) is 59.7 Å². The summed E-state index contributed by atoms with van der Waals surface area (Å²) >= 11 is 0. The Morgan fingerprint density at radius 3 is 2.77 bits per heavy atom. The van der Waals surface area contributed by atoms with E-state index in [4.69, 9.17) is 0 Å². The molecule has 1 amide bonds. The Kier molecular flexibility index (Phi) is 5.22. The lowest BCUT2D eigenvalue weighted by Crippen LogP contribution is -2.33. The summed E-state index contributed by atoms with van der Waals surface area (Å²) in [5.74, 6) is -0.276. The van der Waals surface area contributed by atoms with Gasteiger partial charge in [0.25, 0.3) is 5.56 Å². The lowest BCUT2D eigenvalue weighted by atomic mass is 10.0. The number of carbonyl (C=O) groups is 1. The number of nitrogens with one attached hydrogen (secondary N) is 1. The molecule has 132 valence electrons. The van der Waals surface area contributed by atoms with E-state index in [2.05, 4.69) is 15.4 Å². The summed E-state index contributed by atoms with van der Waals surface area (Å²) in [6.07, 6.45) is 3.36. The van der Waals surface area contributed by atoms with E-state index in [-0.39, 0.29) is 18.0 Å². The average Bonchev–Trinajstić information content (AvgIpc) is 2.65. The van der Waals surface area contributed by atoms with Gasteiger partial charge in [-0.05, 0) is 43.2 Å². The molecule has 1 aromatic carbocycles. The number of pyridine rings is 1. The van der Waals surface area contributed by atoms with Crippen molar-refractivity contribution in [3.05, 3.63) is 81.9 Å². The van der Waals surface area contributed by atoms with Gasteiger partial charge < -0.3 is 5.32 Å². The highest BCUT2D eigenvalue weighted by atomic mass is 16.2. The number of aryl methyl sites for hydroxylation is 2. The van der Waals surface area contributed by atoms with Crippen molar-refractivity contribution in [3.63, 3.8) is 0 Å². The van der Waals surface area contributed by atoms with Crippen molar-refractivity contribution in [1.82, 2.24) is 20.1 Å². The molecular formula is C20H20N4O2. The van der Waals surface area contributed by atoms with Crippen LogP contribution < -0.4 is 10.9 Å². The number of hydrogen-bond acceptors (Lipinski definition) is 4. The van der Waals surface area contributed by atoms with Crippen LogP contribution in [-0.2, 0) is 17.9 Å². The standard InChI is InChI=1S/C20H20N4O2/c1-14-5-6-15(2)17(10-14)18-7-8-20(26)24(23-18)13-19(25)22-12-16-4-3-9-21-11-16/h3-11H,12-13H2,1-2H3,(H,22,25). The van der Waals surface area contributed by atoms with Gasteiger partial charge in [0.15, 0.2) is 0 Å². The molecule has 3 aromatic rings. The molecule has 0 aliphatic rings. The Labute approximate surface area is 151 Å². The molecular weight excluding hydrogens is 328 g/mol. The number of carbonyl (C=O) groups excluding carboxylic acids is 1. The second-order valence-corrected chi connectivity index (χ2v) is 6.17. The van der Waals surface area contributed by atoms with E-state index in [0.717, 1.165) is 22.3 Å². The zero-order valence-electron chi connectivity index (χ0n) is 14.8. The largest absolute Gasteiger partial charge is 0.350 e. The minimum absolute atomic E-state index is 0.127. The molecule has 1 N–H and O–H groups in total. The van der Waals surface area contributed by atoms with Crippen LogP contribution in [0.3, 0.4) is 0 Å². The fourth-order valence-corrected chi connectivity index (χ4v) is 2.61. The molecule has 0 bridgehead atoms. The quantitative estimate of drug-likeness (QED) is 0.767. The van der Waals surface area contributed by atoms with Crippen LogP contribution in [0.25, 0.3) is 11.3 Å². The second-order valence-electron chi connectivity index (χ2n) is 6.17. The van der Waals surface area contributed by atoms with Gasteiger partial charge in [0, 0.05) is 30.6 Å². The molecule has 0 spiro atoms. The second kappa shape index (κ2) is 7.74. The molecule has 2 heterocycles. The maximum Gasteiger partial charge on any atom is 0.267 e. The Morgan fingerprint density at radius 2 is 2.00 bits per heavy atom. The summed E-state index contributed by atoms with van der Waals surface area (Å²) in [5, 5.41) is 7.15. The molecule has 0 unspecified atom stereocenters. The average molecular weight is 348 g/mol. The third kappa shape index (κ3) is 4.22. The van der Waals surface area contributed by atoms with Crippen LogP contribution in [0.5, 0.6) is 0 Å². The number of hydrogen-bond donors (Lipinski definition) is 1. The first-order valence-electron chi connectivity index (χ1n) is 8.34. The molecule has 0 atom stereocenters. The lowest BCUT2D eigenvalue weighted by Gasteiger charge is -2.10. The van der Waals surface area contributed by atoms with E-state index in [1.807, 2.05) is 38.1 Å². The van der Waals surface area contributed by atoms with E-state index in [0.29, 0.717) is 12.2 Å². The lowest BCUT2D eigenvalue weighted by molar-refractivity contribution is -0.122. The van der Waals surface area contributed by atoms with Gasteiger partial charge in [-0.25, -0.2) is 4.68 Å². The molecule has 2 aromatic heterocycles. The van der Waals surface area contributed by atoms with E-state index < -0.39 is 0 Å². The van der Waals surface area contributed by atoms with Crippen LogP contribution in [0, 0.1) is 13.8 Å². The van der Waals surface area contributed by atoms with Crippen molar-refractivity contribution in [1.29, 1.82) is 0 Å². The Hall–Kier alpha value is -3.28. The third-order valence-corrected chi connectivity index (χ3v) is 4.04. The van der Waals surface area contributed by atoms with Crippen molar-refractivity contribution >= 4 is 5.91 Å². The van der Waals surface area contributed by atoms with Gasteiger partial charge >= 0.3 is 0 Å². The summed E-state index contributed by atoms with van der Waals surface area (Å²) in [6.45, 7) is 4.23. The zero-order chi connectivity index (χ0) is 18.5. The molecule has 6 nitrogen and oxygen atoms in total. The van der Waals surface area contributed by atoms with Crippen LogP contribution in [0.2, 0.25) is 0 Å². The molecule has 3 rings (SSSR count). The summed E-state index contributed by atoms with van der Waals surface area (Å²) in [5.41, 5.74) is 4.38. The number of nitrogens with zero attached hydrogens (tertiary/aromatic N) is 3. The molecule has 0 aliphatic carbocycles. The maximum absolute atomic E-state index is 12.2. The minimum atomic E-state index is -0.310. The van der Waals surface area contributed by atoms with Crippen molar-refractivity contribution in [2.45, 2.75) is 26.9 Å². The van der Waals surface area contributed by atoms with Gasteiger partial charge in [-0.1, -0.05) is 23.8 Å². The predicted molar refractivity (Wildman–Crippen MR) is 99.5 cm³/mol. The first-order chi connectivity index (χ1) is 12.5. The summed E-state index contributed by atoms with van der Waals surface area (Å²) in [4.78, 5) is 28.3. The zero-order valence-corrected chi connectivity index (χ0v) is 14.8. The van der Waals surface area contributed by atoms with Gasteiger partial charge in [0.05, 0.1) is 5.69 Å². The molecule has 0 aliphatic heterocycles. The van der Waals surface area contributed by atoms with Crippen LogP contribution >= 0.6 is 0 Å². The Bertz CT molecular complexity index is 981.